The Kier molecular flexibility index (Phi) is 7.44. The number of amides is 2. The van der Waals surface area contributed by atoms with Gasteiger partial charge in [0.15, 0.2) is 11.5 Å². The molecule has 0 spiro atoms. The number of hydrogen-bond acceptors (Lipinski definition) is 5. The third-order valence-electron chi connectivity index (χ3n) is 5.39. The number of carbonyl (C=O) groups excluding carboxylic acids is 2. The highest BCUT2D eigenvalue weighted by molar-refractivity contribution is 9.10. The van der Waals surface area contributed by atoms with E-state index < -0.39 is 0 Å². The number of aryl methyl sites for hydroxylation is 2. The molecule has 174 valence electrons. The molecule has 5 nitrogen and oxygen atoms in total. The molecule has 0 bridgehead atoms. The molecule has 4 rings (SSSR count). The van der Waals surface area contributed by atoms with E-state index in [1.807, 2.05) is 68.4 Å². The zero-order chi connectivity index (χ0) is 24.2. The Morgan fingerprint density at radius 1 is 0.941 bits per heavy atom. The zero-order valence-corrected chi connectivity index (χ0v) is 21.5. The van der Waals surface area contributed by atoms with Gasteiger partial charge in [-0.15, -0.1) is 0 Å². The van der Waals surface area contributed by atoms with Crippen LogP contribution in [0.4, 0.5) is 4.79 Å². The van der Waals surface area contributed by atoms with Crippen molar-refractivity contribution in [2.45, 2.75) is 27.0 Å². The number of methoxy groups -OCH3 is 1. The summed E-state index contributed by atoms with van der Waals surface area (Å²) in [5.74, 6) is 0.810. The number of thioether (sulfide) groups is 1. The summed E-state index contributed by atoms with van der Waals surface area (Å²) in [6.45, 7) is 4.69. The van der Waals surface area contributed by atoms with E-state index in [0.717, 1.165) is 34.0 Å². The molecule has 1 saturated heterocycles. The second kappa shape index (κ2) is 10.5. The third kappa shape index (κ3) is 5.54. The molecule has 1 aliphatic rings. The number of imide groups is 1. The van der Waals surface area contributed by atoms with Crippen molar-refractivity contribution in [3.63, 3.8) is 0 Å². The highest BCUT2D eigenvalue weighted by Gasteiger charge is 2.35. The van der Waals surface area contributed by atoms with Crippen molar-refractivity contribution in [1.29, 1.82) is 0 Å². The molecule has 7 heteroatoms. The average Bonchev–Trinajstić information content (AvgIpc) is 3.07. The molecular formula is C27H24BrNO4S. The van der Waals surface area contributed by atoms with Gasteiger partial charge in [-0.2, -0.15) is 0 Å². The van der Waals surface area contributed by atoms with Crippen molar-refractivity contribution in [2.24, 2.45) is 0 Å². The Bertz CT molecular complexity index is 1250. The minimum atomic E-state index is -0.301. The molecule has 1 fully saturated rings. The van der Waals surface area contributed by atoms with Crippen molar-refractivity contribution in [1.82, 2.24) is 4.90 Å². The summed E-state index contributed by atoms with van der Waals surface area (Å²) in [5, 5.41) is -0.277. The molecule has 0 N–H and O–H groups in total. The first-order chi connectivity index (χ1) is 16.3. The number of halogens is 1. The number of benzene rings is 3. The first-order valence-electron chi connectivity index (χ1n) is 10.7. The lowest BCUT2D eigenvalue weighted by Crippen LogP contribution is -2.27. The van der Waals surface area contributed by atoms with Crippen LogP contribution >= 0.6 is 27.7 Å². The molecule has 0 aliphatic carbocycles. The Morgan fingerprint density at radius 3 is 2.18 bits per heavy atom. The lowest BCUT2D eigenvalue weighted by atomic mass is 10.1. The fraction of sp³-hybridized carbons (Fsp3) is 0.185. The summed E-state index contributed by atoms with van der Waals surface area (Å²) in [5.41, 5.74) is 5.01. The van der Waals surface area contributed by atoms with Gasteiger partial charge in [-0.3, -0.25) is 14.5 Å². The van der Waals surface area contributed by atoms with Crippen molar-refractivity contribution < 1.29 is 19.1 Å². The van der Waals surface area contributed by atoms with Crippen molar-refractivity contribution in [3.8, 4) is 11.5 Å². The Balaban J connectivity index is 1.52. The first-order valence-corrected chi connectivity index (χ1v) is 12.3. The van der Waals surface area contributed by atoms with Gasteiger partial charge in [-0.05, 0) is 76.4 Å². The van der Waals surface area contributed by atoms with E-state index >= 15 is 0 Å². The van der Waals surface area contributed by atoms with Crippen molar-refractivity contribution >= 4 is 44.9 Å². The Morgan fingerprint density at radius 2 is 1.56 bits per heavy atom. The number of nitrogens with zero attached hydrogens (tertiary/aromatic N) is 1. The zero-order valence-electron chi connectivity index (χ0n) is 19.1. The maximum atomic E-state index is 12.9. The van der Waals surface area contributed by atoms with Gasteiger partial charge in [0.2, 0.25) is 0 Å². The summed E-state index contributed by atoms with van der Waals surface area (Å²) in [4.78, 5) is 27.1. The van der Waals surface area contributed by atoms with Gasteiger partial charge in [0.05, 0.1) is 23.0 Å². The van der Waals surface area contributed by atoms with Gasteiger partial charge in [0.1, 0.15) is 6.61 Å². The molecule has 0 atom stereocenters. The van der Waals surface area contributed by atoms with Crippen LogP contribution in [0.3, 0.4) is 0 Å². The van der Waals surface area contributed by atoms with Gasteiger partial charge in [-0.25, -0.2) is 0 Å². The van der Waals surface area contributed by atoms with Crippen LogP contribution in [0, 0.1) is 13.8 Å². The van der Waals surface area contributed by atoms with E-state index in [-0.39, 0.29) is 17.7 Å². The number of hydrogen-bond donors (Lipinski definition) is 0. The SMILES string of the molecule is COc1cc(/C=C2\SC(=O)N(Cc3ccc(C)cc3)C2=O)cc(Br)c1OCc1ccc(C)cc1. The molecule has 0 unspecified atom stereocenters. The summed E-state index contributed by atoms with van der Waals surface area (Å²) < 4.78 is 12.3. The number of ether oxygens (including phenoxy) is 2. The van der Waals surface area contributed by atoms with Crippen LogP contribution in [-0.2, 0) is 17.9 Å². The van der Waals surface area contributed by atoms with Gasteiger partial charge in [0, 0.05) is 0 Å². The minimum Gasteiger partial charge on any atom is -0.493 e. The predicted octanol–water partition coefficient (Wildman–Crippen LogP) is 6.89. The van der Waals surface area contributed by atoms with Crippen LogP contribution in [0.2, 0.25) is 0 Å². The van der Waals surface area contributed by atoms with Gasteiger partial charge < -0.3 is 9.47 Å². The second-order valence-electron chi connectivity index (χ2n) is 8.06. The molecule has 1 aliphatic heterocycles. The number of rotatable bonds is 7. The maximum absolute atomic E-state index is 12.9. The van der Waals surface area contributed by atoms with Gasteiger partial charge >= 0.3 is 0 Å². The van der Waals surface area contributed by atoms with E-state index in [1.54, 1.807) is 19.3 Å². The molecule has 34 heavy (non-hydrogen) atoms. The number of carbonyl (C=O) groups is 2. The smallest absolute Gasteiger partial charge is 0.293 e. The highest BCUT2D eigenvalue weighted by atomic mass is 79.9. The minimum absolute atomic E-state index is 0.251. The molecule has 3 aromatic rings. The Labute approximate surface area is 211 Å². The largest absolute Gasteiger partial charge is 0.493 e. The molecule has 0 aromatic heterocycles. The van der Waals surface area contributed by atoms with Crippen molar-refractivity contribution in [3.05, 3.63) is 97.9 Å². The van der Waals surface area contributed by atoms with Gasteiger partial charge in [0.25, 0.3) is 11.1 Å². The highest BCUT2D eigenvalue weighted by Crippen LogP contribution is 2.39. The summed E-state index contributed by atoms with van der Waals surface area (Å²) in [6.07, 6.45) is 1.71. The summed E-state index contributed by atoms with van der Waals surface area (Å²) in [7, 11) is 1.57. The predicted molar refractivity (Wildman–Crippen MR) is 139 cm³/mol. The molecular weight excluding hydrogens is 514 g/mol. The fourth-order valence-corrected chi connectivity index (χ4v) is 4.88. The third-order valence-corrected chi connectivity index (χ3v) is 6.88. The van der Waals surface area contributed by atoms with Crippen LogP contribution < -0.4 is 9.47 Å². The van der Waals surface area contributed by atoms with E-state index in [0.29, 0.717) is 27.5 Å². The van der Waals surface area contributed by atoms with Crippen LogP contribution in [0.25, 0.3) is 6.08 Å². The molecule has 0 radical (unpaired) electrons. The topological polar surface area (TPSA) is 55.8 Å². The lowest BCUT2D eigenvalue weighted by molar-refractivity contribution is -0.123. The van der Waals surface area contributed by atoms with E-state index in [9.17, 15) is 9.59 Å². The van der Waals surface area contributed by atoms with E-state index in [2.05, 4.69) is 15.9 Å². The monoisotopic (exact) mass is 537 g/mol. The van der Waals surface area contributed by atoms with Crippen LogP contribution in [0.1, 0.15) is 27.8 Å². The lowest BCUT2D eigenvalue weighted by Gasteiger charge is -2.14. The van der Waals surface area contributed by atoms with Crippen LogP contribution in [0.15, 0.2) is 70.0 Å². The summed E-state index contributed by atoms with van der Waals surface area (Å²) in [6, 6.07) is 19.6. The van der Waals surface area contributed by atoms with Gasteiger partial charge in [-0.1, -0.05) is 59.7 Å². The van der Waals surface area contributed by atoms with E-state index in [4.69, 9.17) is 9.47 Å². The molecule has 2 amide bonds. The standard InChI is InChI=1S/C27H24BrNO4S/c1-17-4-8-19(9-5-17)15-29-26(30)24(34-27(29)31)14-21-12-22(28)25(23(13-21)32-3)33-16-20-10-6-18(2)7-11-20/h4-14H,15-16H2,1-3H3/b24-14-. The van der Waals surface area contributed by atoms with E-state index in [1.165, 1.54) is 10.5 Å². The first kappa shape index (κ1) is 24.1. The summed E-state index contributed by atoms with van der Waals surface area (Å²) >= 11 is 4.50. The fourth-order valence-electron chi connectivity index (χ4n) is 3.47. The molecule has 3 aromatic carbocycles. The van der Waals surface area contributed by atoms with Crippen LogP contribution in [-0.4, -0.2) is 23.2 Å². The second-order valence-corrected chi connectivity index (χ2v) is 9.91. The molecule has 1 heterocycles. The average molecular weight is 538 g/mol. The Hall–Kier alpha value is -3.03. The quantitative estimate of drug-likeness (QED) is 0.307. The van der Waals surface area contributed by atoms with Crippen LogP contribution in [0.5, 0.6) is 11.5 Å². The normalized spacial score (nSPS) is 14.7. The van der Waals surface area contributed by atoms with Crippen molar-refractivity contribution in [2.75, 3.05) is 7.11 Å². The maximum Gasteiger partial charge on any atom is 0.293 e. The molecule has 0 saturated carbocycles.